The molecular formula is C89H126N24O18S. The summed E-state index contributed by atoms with van der Waals surface area (Å²) in [5.41, 5.74) is 20.0. The number of aromatic nitrogens is 4. The number of thioether (sulfide) groups is 1. The van der Waals surface area contributed by atoms with Gasteiger partial charge in [-0.15, -0.1) is 11.8 Å². The van der Waals surface area contributed by atoms with Crippen molar-refractivity contribution in [3.05, 3.63) is 126 Å². The van der Waals surface area contributed by atoms with E-state index in [2.05, 4.69) is 78.4 Å². The predicted octanol–water partition coefficient (Wildman–Crippen LogP) is -1.79. The fourth-order valence-corrected chi connectivity index (χ4v) is 16.6. The van der Waals surface area contributed by atoms with Gasteiger partial charge in [-0.2, -0.15) is 0 Å². The molecule has 132 heavy (non-hydrogen) atoms. The van der Waals surface area contributed by atoms with Crippen molar-refractivity contribution < 1.29 is 86.6 Å². The quantitative estimate of drug-likeness (QED) is 0.0162. The number of fused-ring (bicyclic) bond motifs is 3. The van der Waals surface area contributed by atoms with E-state index in [9.17, 15) is 62.6 Å². The Labute approximate surface area is 768 Å². The molecule has 0 aliphatic carbocycles. The zero-order chi connectivity index (χ0) is 96.7. The summed E-state index contributed by atoms with van der Waals surface area (Å²) in [5, 5.41) is 48.0. The van der Waals surface area contributed by atoms with Gasteiger partial charge in [0.1, 0.15) is 72.5 Å². The van der Waals surface area contributed by atoms with E-state index >= 15 is 24.0 Å². The monoisotopic (exact) mass is 1850 g/mol. The first-order chi connectivity index (χ1) is 62.8. The number of amides is 17. The number of carbonyl (C=O) groups is 17. The van der Waals surface area contributed by atoms with Gasteiger partial charge in [-0.1, -0.05) is 120 Å². The van der Waals surface area contributed by atoms with Crippen molar-refractivity contribution in [1.82, 2.24) is 103 Å². The van der Waals surface area contributed by atoms with E-state index in [-0.39, 0.29) is 89.6 Å². The first-order valence-electron chi connectivity index (χ1n) is 44.2. The molecule has 42 nitrogen and oxygen atoms in total. The molecule has 2 aliphatic rings. The number of hydrogen-bond donors (Lipinski definition) is 19. The van der Waals surface area contributed by atoms with Crippen LogP contribution in [-0.4, -0.2) is 300 Å². The van der Waals surface area contributed by atoms with Gasteiger partial charge in [0, 0.05) is 113 Å². The van der Waals surface area contributed by atoms with Gasteiger partial charge in [0.2, 0.25) is 94.5 Å². The van der Waals surface area contributed by atoms with Crippen LogP contribution in [0.3, 0.4) is 0 Å². The molecule has 3 aromatic carbocycles. The Morgan fingerprint density at radius 1 is 0.538 bits per heavy atom. The van der Waals surface area contributed by atoms with E-state index in [1.54, 1.807) is 105 Å². The number of aliphatic hydroxyl groups excluding tert-OH is 1. The molecule has 17 amide bonds. The molecule has 0 saturated carbocycles. The summed E-state index contributed by atoms with van der Waals surface area (Å²) >= 11 is 0.507. The molecule has 0 spiro atoms. The molecule has 22 N–H and O–H groups in total. The van der Waals surface area contributed by atoms with Crippen LogP contribution >= 0.6 is 11.8 Å². The molecule has 0 bridgehead atoms. The van der Waals surface area contributed by atoms with Crippen molar-refractivity contribution in [3.8, 4) is 0 Å². The highest BCUT2D eigenvalue weighted by Crippen LogP contribution is 2.26. The highest BCUT2D eigenvalue weighted by molar-refractivity contribution is 8.01. The summed E-state index contributed by atoms with van der Waals surface area (Å²) < 4.78 is 0. The van der Waals surface area contributed by atoms with Gasteiger partial charge in [-0.3, -0.25) is 86.9 Å². The van der Waals surface area contributed by atoms with Crippen LogP contribution in [0.2, 0.25) is 0 Å². The lowest BCUT2D eigenvalue weighted by Crippen LogP contribution is -2.62. The number of imidazole rings is 1. The number of carbonyl (C=O) groups excluding carboxylic acids is 17. The van der Waals surface area contributed by atoms with Crippen LogP contribution in [0.25, 0.3) is 21.8 Å². The number of aliphatic hydroxyl groups is 1. The van der Waals surface area contributed by atoms with Gasteiger partial charge in [0.25, 0.3) is 5.91 Å². The standard InChI is InChI=1S/C89H126N24O18S/c1-11-13-31-67-79(123)102-60(30-22-34-95-89(92)93)76(120)108-83(82(126)98-45-71(91)116)132-47-73(118)101-64(37-52-24-16-15-17-25-52)85(128)110(8)50(5)75(119)104-66(41-70(90)115)87(130)113-35-23-33-68(113)80(124)103-62(40-55-44-94-48-99-55)77(121)105-63(36-49(3)4)84(127)109(7)46-72(117)100-61(38-53-42-96-58-28-20-18-26-56(53)58)78(122)107-74(51(6)114)81(125)106-65(39-54-43-97-59-29-21-19-27-57(54)59)86(129)112(10)69(32-14-12-2)88(131)111(67)9/h15-21,24-29,42-44,48-51,60-69,74,83,96-97,114H,11-14,22-23,30-41,45-47H2,1-10H3,(H2,90,115)(H2,91,116)(H,94,99)(H,98,126)(H,100,117)(H,101,118)(H,102,123)(H,103,124)(H,104,119)(H,105,121)(H,106,125)(H,107,122)(H,108,120)(H4,92,93,95)/t50-,51+,60-,61-,62-,63-,64-,65-,66-,67-,68-,69-,74-,83-/m0/s1. The smallest absolute Gasteiger partial charge is 0.253 e. The number of H-pyrrole nitrogens is 3. The van der Waals surface area contributed by atoms with Gasteiger partial charge in [0.15, 0.2) is 11.3 Å². The number of nitrogens with two attached hydrogens (primary N) is 3. The van der Waals surface area contributed by atoms with Crippen molar-refractivity contribution >= 4 is 140 Å². The normalized spacial score (nSPS) is 23.7. The number of guanidine groups is 1. The van der Waals surface area contributed by atoms with Crippen LogP contribution in [0.4, 0.5) is 0 Å². The Hall–Kier alpha value is -13.5. The summed E-state index contributed by atoms with van der Waals surface area (Å²) in [7, 11) is 5.21. The number of hydrogen-bond acceptors (Lipinski definition) is 21. The number of nitrogens with one attached hydrogen (secondary N) is 15. The molecule has 2 aliphatic heterocycles. The number of likely N-dealkylation sites (N-methyl/N-ethyl adjacent to an activating group) is 4. The Kier molecular flexibility index (Phi) is 39.4. The fraction of sp³-hybridized carbons (Fsp3) is 0.517. The summed E-state index contributed by atoms with van der Waals surface area (Å²) in [6.45, 7) is 8.09. The SMILES string of the molecule is CCCC[C@H]1C(=O)N(C)[C@@H](CCCC)C(=O)N[C@@H](CCCNC(=N)N)C(=O)N[C@H](C(=O)NCC(N)=O)SCC(=O)N[C@@H](Cc2ccccc2)C(=O)N(C)[C@@H](C)C(=O)N[C@@H](CC(N)=O)C(=O)N2CCC[C@H]2C(=O)N[C@@H](Cc2cnc[nH]2)C(=O)N[C@@H](CC(C)C)C(=O)N(C)CC(=O)N[C@@H](Cc2c[nH]c3ccccc23)C(=O)N[C@@H]([C@@H](C)O)C(=O)N[C@@H](Cc2c[nH]c3ccccc23)C(=O)N1C. The zero-order valence-electron chi connectivity index (χ0n) is 76.0. The van der Waals surface area contributed by atoms with E-state index in [1.807, 2.05) is 13.8 Å². The molecule has 2 fully saturated rings. The van der Waals surface area contributed by atoms with E-state index in [4.69, 9.17) is 22.6 Å². The van der Waals surface area contributed by atoms with E-state index in [1.165, 1.54) is 54.6 Å². The third-order valence-corrected chi connectivity index (χ3v) is 24.2. The van der Waals surface area contributed by atoms with Gasteiger partial charge in [-0.25, -0.2) is 4.98 Å². The minimum Gasteiger partial charge on any atom is -0.391 e. The molecule has 0 radical (unpaired) electrons. The first-order valence-corrected chi connectivity index (χ1v) is 45.2. The summed E-state index contributed by atoms with van der Waals surface area (Å²) in [4.78, 5) is 268. The summed E-state index contributed by atoms with van der Waals surface area (Å²) in [6, 6.07) is 4.07. The lowest BCUT2D eigenvalue weighted by Gasteiger charge is -2.36. The van der Waals surface area contributed by atoms with Crippen molar-refractivity contribution in [2.45, 2.75) is 228 Å². The maximum Gasteiger partial charge on any atom is 0.253 e. The van der Waals surface area contributed by atoms with Crippen LogP contribution in [0.5, 0.6) is 0 Å². The van der Waals surface area contributed by atoms with Crippen molar-refractivity contribution in [1.29, 1.82) is 5.41 Å². The molecule has 14 atom stereocenters. The van der Waals surface area contributed by atoms with Gasteiger partial charge in [-0.05, 0) is 93.5 Å². The fourth-order valence-electron chi connectivity index (χ4n) is 15.8. The van der Waals surface area contributed by atoms with Crippen LogP contribution in [0.15, 0.2) is 104 Å². The number of nitrogens with zero attached hydrogens (tertiary/aromatic N) is 6. The van der Waals surface area contributed by atoms with Crippen LogP contribution in [0, 0.1) is 11.3 Å². The maximum atomic E-state index is 15.8. The highest BCUT2D eigenvalue weighted by Gasteiger charge is 2.44. The third kappa shape index (κ3) is 29.8. The Bertz CT molecular complexity index is 5070. The van der Waals surface area contributed by atoms with Crippen molar-refractivity contribution in [2.24, 2.45) is 23.1 Å². The second kappa shape index (κ2) is 50.1. The summed E-state index contributed by atoms with van der Waals surface area (Å²) in [6.07, 6.45) is 4.01. The topological polar surface area (TPSA) is 621 Å². The zero-order valence-corrected chi connectivity index (χ0v) is 76.9. The van der Waals surface area contributed by atoms with E-state index in [0.29, 0.717) is 81.6 Å². The van der Waals surface area contributed by atoms with Gasteiger partial charge in [0.05, 0.1) is 37.7 Å². The van der Waals surface area contributed by atoms with E-state index < -0.39 is 216 Å². The van der Waals surface area contributed by atoms with Gasteiger partial charge >= 0.3 is 0 Å². The van der Waals surface area contributed by atoms with Crippen LogP contribution < -0.4 is 75.7 Å². The average molecular weight is 1850 g/mol. The number of para-hydroxylation sites is 2. The molecule has 3 aromatic heterocycles. The molecule has 0 unspecified atom stereocenters. The Balaban J connectivity index is 1.20. The molecule has 2 saturated heterocycles. The molecule has 6 aromatic rings. The average Bonchev–Trinajstić information content (AvgIpc) is 1.65. The minimum atomic E-state index is -1.89. The lowest BCUT2D eigenvalue weighted by molar-refractivity contribution is -0.149. The largest absolute Gasteiger partial charge is 0.391 e. The number of rotatable bonds is 26. The number of benzene rings is 3. The minimum absolute atomic E-state index is 0.00588. The van der Waals surface area contributed by atoms with Crippen molar-refractivity contribution in [2.75, 3.05) is 60.1 Å². The highest BCUT2D eigenvalue weighted by atomic mass is 32.2. The van der Waals surface area contributed by atoms with Crippen LogP contribution in [0.1, 0.15) is 141 Å². The molecule has 8 rings (SSSR count). The van der Waals surface area contributed by atoms with Crippen LogP contribution in [-0.2, 0) is 107 Å². The maximum absolute atomic E-state index is 15.8. The number of unbranched alkanes of at least 4 members (excludes halogenated alkanes) is 2. The Morgan fingerprint density at radius 3 is 1.68 bits per heavy atom. The molecule has 5 heterocycles. The number of aromatic amines is 3. The Morgan fingerprint density at radius 2 is 1.08 bits per heavy atom. The first kappa shape index (κ1) is 104. The third-order valence-electron chi connectivity index (χ3n) is 23.1. The van der Waals surface area contributed by atoms with Crippen molar-refractivity contribution in [3.63, 3.8) is 0 Å². The predicted molar refractivity (Wildman–Crippen MR) is 489 cm³/mol. The molecular weight excluding hydrogens is 1730 g/mol. The molecule has 43 heteroatoms. The second-order valence-electron chi connectivity index (χ2n) is 33.8. The number of primary amides is 2. The van der Waals surface area contributed by atoms with E-state index in [0.717, 1.165) is 24.5 Å². The summed E-state index contributed by atoms with van der Waals surface area (Å²) in [5.74, 6) is -17.4. The second-order valence-corrected chi connectivity index (χ2v) is 34.9. The lowest BCUT2D eigenvalue weighted by atomic mass is 9.99. The van der Waals surface area contributed by atoms with Gasteiger partial charge < -0.3 is 120 Å². The molecule has 716 valence electrons.